The van der Waals surface area contributed by atoms with E-state index >= 15 is 0 Å². The van der Waals surface area contributed by atoms with Crippen LogP contribution in [0.2, 0.25) is 0 Å². The van der Waals surface area contributed by atoms with Gasteiger partial charge in [0.1, 0.15) is 70.1 Å². The summed E-state index contributed by atoms with van der Waals surface area (Å²) in [5, 5.41) is 86.3. The third-order valence-corrected chi connectivity index (χ3v) is 14.4. The summed E-state index contributed by atoms with van der Waals surface area (Å²) in [6, 6.07) is 0. The smallest absolute Gasteiger partial charge is 0.336 e. The van der Waals surface area contributed by atoms with E-state index in [4.69, 9.17) is 14.2 Å². The fraction of sp³-hybridized carbons (Fsp3) is 0.900. The van der Waals surface area contributed by atoms with Crippen molar-refractivity contribution in [2.24, 2.45) is 0 Å². The van der Waals surface area contributed by atoms with Gasteiger partial charge in [0.15, 0.2) is 0 Å². The molecule has 0 aliphatic rings. The number of nitrogens with zero attached hydrogens (tertiary/aromatic N) is 3. The van der Waals surface area contributed by atoms with E-state index in [1.54, 1.807) is 0 Å². The Labute approximate surface area is 306 Å². The molecule has 3 unspecified atom stereocenters. The number of ether oxygens (including phenoxy) is 3. The average molecular weight is 799 g/mol. The van der Waals surface area contributed by atoms with Crippen molar-refractivity contribution in [2.75, 3.05) is 131 Å². The van der Waals surface area contributed by atoms with Gasteiger partial charge in [0.05, 0.1) is 98.9 Å². The number of aliphatic hydroxyl groups excluding tert-OH is 9. The van der Waals surface area contributed by atoms with Crippen molar-refractivity contribution < 1.29 is 60.2 Å². The van der Waals surface area contributed by atoms with Gasteiger partial charge < -0.3 is 60.2 Å². The molecule has 0 saturated carbocycles. The quantitative estimate of drug-likeness (QED) is 0.0236. The molecule has 21 heteroatoms. The molecular weight excluding hydrogens is 739 g/mol. The van der Waals surface area contributed by atoms with Crippen molar-refractivity contribution in [2.45, 2.75) is 37.9 Å². The monoisotopic (exact) mass is 798 g/mol. The van der Waals surface area contributed by atoms with Gasteiger partial charge in [-0.05, 0) is 32.7 Å². The maximum atomic E-state index is 13.3. The Kier molecular flexibility index (Phi) is 27.6. The lowest BCUT2D eigenvalue weighted by Gasteiger charge is -2.16. The Morgan fingerprint density at radius 1 is 0.431 bits per heavy atom. The molecule has 1 rings (SSSR count). The van der Waals surface area contributed by atoms with Gasteiger partial charge in [0.25, 0.3) is 0 Å². The molecule has 1 aromatic heterocycles. The lowest BCUT2D eigenvalue weighted by atomic mass is 10.4. The van der Waals surface area contributed by atoms with Crippen LogP contribution in [0.4, 0.5) is 0 Å². The molecule has 0 saturated heterocycles. The number of hydrogen-bond donors (Lipinski definition) is 9. The summed E-state index contributed by atoms with van der Waals surface area (Å²) in [5.74, 6) is 3.50. The van der Waals surface area contributed by atoms with E-state index in [9.17, 15) is 60.3 Å². The highest BCUT2D eigenvalue weighted by Crippen LogP contribution is 2.03. The summed E-state index contributed by atoms with van der Waals surface area (Å²) < 4.78 is 19.1. The van der Waals surface area contributed by atoms with Crippen LogP contribution in [-0.2, 0) is 66.5 Å². The van der Waals surface area contributed by atoms with E-state index in [1.165, 1.54) is 0 Å². The average Bonchev–Trinajstić information content (AvgIpc) is 3.07. The van der Waals surface area contributed by atoms with Crippen LogP contribution >= 0.6 is 0 Å². The molecule has 300 valence electrons. The lowest BCUT2D eigenvalue weighted by Crippen LogP contribution is -2.55. The number of aromatic nitrogens is 3. The summed E-state index contributed by atoms with van der Waals surface area (Å²) in [7, 11) is -1.23. The fourth-order valence-corrected chi connectivity index (χ4v) is 10.0. The zero-order valence-corrected chi connectivity index (χ0v) is 31.7. The van der Waals surface area contributed by atoms with Crippen molar-refractivity contribution in [3.05, 3.63) is 31.5 Å². The SMILES string of the molecule is O=c1n(CCOCC(O)C[S+](CCO)CCO)c(=O)n(CCOCC(O)C[S+](CCO)CCO)c(=O)n1CCOCC(O)C[S+](CCO)CCO. The third kappa shape index (κ3) is 19.8. The number of aliphatic hydroxyl groups is 9. The largest absolute Gasteiger partial charge is 0.391 e. The van der Waals surface area contributed by atoms with Crippen LogP contribution < -0.4 is 17.1 Å². The highest BCUT2D eigenvalue weighted by Gasteiger charge is 2.25. The zero-order chi connectivity index (χ0) is 38.0. The predicted octanol–water partition coefficient (Wildman–Crippen LogP) is -6.89. The lowest BCUT2D eigenvalue weighted by molar-refractivity contribution is 0.0386. The van der Waals surface area contributed by atoms with Crippen LogP contribution in [0.3, 0.4) is 0 Å². The second-order valence-electron chi connectivity index (χ2n) is 11.4. The topological polar surface area (TPSA) is 276 Å². The maximum absolute atomic E-state index is 13.3. The minimum absolute atomic E-state index is 0.0785. The minimum Gasteiger partial charge on any atom is -0.391 e. The van der Waals surface area contributed by atoms with Crippen LogP contribution in [0.25, 0.3) is 0 Å². The molecule has 0 fully saturated rings. The fourth-order valence-electron chi connectivity index (χ4n) is 4.92. The zero-order valence-electron chi connectivity index (χ0n) is 29.2. The van der Waals surface area contributed by atoms with Crippen molar-refractivity contribution >= 4 is 32.7 Å². The highest BCUT2D eigenvalue weighted by atomic mass is 32.2. The number of rotatable bonds is 33. The summed E-state index contributed by atoms with van der Waals surface area (Å²) in [6.07, 6.45) is -2.71. The first-order valence-corrected chi connectivity index (χ1v) is 22.1. The molecule has 18 nitrogen and oxygen atoms in total. The summed E-state index contributed by atoms with van der Waals surface area (Å²) in [6.45, 7) is -2.05. The molecule has 0 spiro atoms. The molecule has 51 heavy (non-hydrogen) atoms. The Hall–Kier alpha value is -1.02. The molecule has 3 atom stereocenters. The Morgan fingerprint density at radius 3 is 0.843 bits per heavy atom. The first-order chi connectivity index (χ1) is 24.6. The normalized spacial score (nSPS) is 13.9. The molecule has 0 aliphatic heterocycles. The molecule has 1 heterocycles. The second-order valence-corrected chi connectivity index (χ2v) is 18.5. The first kappa shape index (κ1) is 48.0. The Balaban J connectivity index is 3.01. The highest BCUT2D eigenvalue weighted by molar-refractivity contribution is 7.97. The molecule has 0 aromatic carbocycles. The first-order valence-electron chi connectivity index (χ1n) is 16.9. The second kappa shape index (κ2) is 29.4. The molecule has 1 aromatic rings. The molecular formula is C30H60N3O15S3+3. The molecule has 9 N–H and O–H groups in total. The van der Waals surface area contributed by atoms with Gasteiger partial charge in [0, 0.05) is 0 Å². The van der Waals surface area contributed by atoms with Gasteiger partial charge in [-0.15, -0.1) is 0 Å². The third-order valence-electron chi connectivity index (χ3n) is 7.26. The summed E-state index contributed by atoms with van der Waals surface area (Å²) in [5.41, 5.74) is -2.73. The van der Waals surface area contributed by atoms with Gasteiger partial charge in [-0.2, -0.15) is 0 Å². The van der Waals surface area contributed by atoms with E-state index in [1.807, 2.05) is 0 Å². The van der Waals surface area contributed by atoms with Crippen molar-refractivity contribution in [1.82, 2.24) is 13.7 Å². The van der Waals surface area contributed by atoms with Crippen LogP contribution in [-0.4, -0.2) is 209 Å². The number of hydrogen-bond acceptors (Lipinski definition) is 15. The molecule has 0 aliphatic carbocycles. The van der Waals surface area contributed by atoms with Gasteiger partial charge in [-0.1, -0.05) is 0 Å². The molecule has 0 amide bonds. The molecule has 0 bridgehead atoms. The van der Waals surface area contributed by atoms with E-state index < -0.39 is 68.1 Å². The van der Waals surface area contributed by atoms with Gasteiger partial charge in [-0.3, -0.25) is 0 Å². The maximum Gasteiger partial charge on any atom is 0.336 e. The Morgan fingerprint density at radius 2 is 0.647 bits per heavy atom. The standard InChI is InChI=1S/C30H60N3O15S3/c34-4-13-49(14-5-35)22-25(40)19-46-10-1-31-28(43)32(2-11-47-20-26(41)23-50(15-6-36)16-7-37)30(45)33(29(31)44)3-12-48-21-27(42)24-51(17-8-38)18-9-39/h25-27,34-42H,1-24H2/q+3. The van der Waals surface area contributed by atoms with E-state index in [-0.39, 0.29) is 98.9 Å². The van der Waals surface area contributed by atoms with Crippen molar-refractivity contribution in [1.29, 1.82) is 0 Å². The summed E-state index contributed by atoms with van der Waals surface area (Å²) in [4.78, 5) is 40.0. The van der Waals surface area contributed by atoms with Gasteiger partial charge in [-0.25, -0.2) is 28.1 Å². The molecule has 0 radical (unpaired) electrons. The van der Waals surface area contributed by atoms with E-state index in [0.717, 1.165) is 13.7 Å². The predicted molar refractivity (Wildman–Crippen MR) is 198 cm³/mol. The Bertz CT molecular complexity index is 1020. The minimum atomic E-state index is -0.912. The van der Waals surface area contributed by atoms with Crippen LogP contribution in [0.5, 0.6) is 0 Å². The van der Waals surface area contributed by atoms with Crippen LogP contribution in [0.1, 0.15) is 0 Å². The van der Waals surface area contributed by atoms with E-state index in [0.29, 0.717) is 51.8 Å². The summed E-state index contributed by atoms with van der Waals surface area (Å²) >= 11 is 0. The van der Waals surface area contributed by atoms with Gasteiger partial charge >= 0.3 is 17.1 Å². The van der Waals surface area contributed by atoms with Crippen LogP contribution in [0.15, 0.2) is 14.4 Å². The van der Waals surface area contributed by atoms with Crippen molar-refractivity contribution in [3.63, 3.8) is 0 Å². The van der Waals surface area contributed by atoms with Gasteiger partial charge in [0.2, 0.25) is 0 Å². The van der Waals surface area contributed by atoms with Crippen LogP contribution in [0, 0.1) is 0 Å². The van der Waals surface area contributed by atoms with Crippen molar-refractivity contribution in [3.8, 4) is 0 Å². The van der Waals surface area contributed by atoms with E-state index in [2.05, 4.69) is 0 Å².